The first-order chi connectivity index (χ1) is 14.4. The van der Waals surface area contributed by atoms with Gasteiger partial charge < -0.3 is 15.0 Å². The maximum atomic E-state index is 13.1. The summed E-state index contributed by atoms with van der Waals surface area (Å²) >= 11 is 0. The number of carboxylic acids is 1. The standard InChI is InChI=1S/C24H21N3O3/c25-11-16-4-6-17(7-5-16)12-27-9-8-18-2-1-3-19(21(18)27)22(30)26-24-13-23(14-24,15-24)10-20(28)29/h1-9H,10,12-15H2,(H,26,30)(H,28,29). The van der Waals surface area contributed by atoms with Crippen molar-refractivity contribution >= 4 is 22.8 Å². The number of nitrogens with zero attached hydrogens (tertiary/aromatic N) is 2. The second kappa shape index (κ2) is 6.46. The number of aromatic nitrogens is 1. The average Bonchev–Trinajstić information content (AvgIpc) is 3.08. The Morgan fingerprint density at radius 1 is 1.10 bits per heavy atom. The Kier molecular flexibility index (Phi) is 3.97. The molecule has 3 aromatic rings. The van der Waals surface area contributed by atoms with E-state index in [0.717, 1.165) is 35.7 Å². The molecule has 0 spiro atoms. The van der Waals surface area contributed by atoms with Gasteiger partial charge in [0.2, 0.25) is 0 Å². The molecule has 0 saturated heterocycles. The molecule has 1 amide bonds. The predicted octanol–water partition coefficient (Wildman–Crippen LogP) is 3.69. The van der Waals surface area contributed by atoms with Gasteiger partial charge in [-0.15, -0.1) is 0 Å². The first kappa shape index (κ1) is 18.4. The normalized spacial score (nSPS) is 23.8. The van der Waals surface area contributed by atoms with E-state index in [9.17, 15) is 9.59 Å². The summed E-state index contributed by atoms with van der Waals surface area (Å²) < 4.78 is 2.06. The molecule has 0 radical (unpaired) electrons. The van der Waals surface area contributed by atoms with Crippen molar-refractivity contribution in [1.82, 2.24) is 9.88 Å². The van der Waals surface area contributed by atoms with Crippen LogP contribution in [0.15, 0.2) is 54.7 Å². The number of fused-ring (bicyclic) bond motifs is 1. The fourth-order valence-electron chi connectivity index (χ4n) is 5.40. The summed E-state index contributed by atoms with van der Waals surface area (Å²) in [4.78, 5) is 24.1. The molecule has 2 N–H and O–H groups in total. The summed E-state index contributed by atoms with van der Waals surface area (Å²) in [5.74, 6) is -0.871. The van der Waals surface area contributed by atoms with Crippen LogP contribution in [0.25, 0.3) is 10.9 Å². The SMILES string of the molecule is N#Cc1ccc(Cn2ccc3cccc(C(=O)NC45CC(CC(=O)O)(C4)C5)c32)cc1. The Hall–Kier alpha value is -3.59. The second-order valence-electron chi connectivity index (χ2n) is 8.83. The molecule has 6 heteroatoms. The molecule has 30 heavy (non-hydrogen) atoms. The van der Waals surface area contributed by atoms with Crippen molar-refractivity contribution in [2.45, 2.75) is 37.8 Å². The molecule has 6 nitrogen and oxygen atoms in total. The van der Waals surface area contributed by atoms with Crippen LogP contribution in [-0.2, 0) is 11.3 Å². The zero-order valence-corrected chi connectivity index (χ0v) is 16.4. The lowest BCUT2D eigenvalue weighted by molar-refractivity contribution is -0.172. The predicted molar refractivity (Wildman–Crippen MR) is 111 cm³/mol. The fraction of sp³-hybridized carbons (Fsp3) is 0.292. The molecule has 3 fully saturated rings. The Morgan fingerprint density at radius 2 is 1.83 bits per heavy atom. The maximum absolute atomic E-state index is 13.1. The number of aliphatic carboxylic acids is 1. The summed E-state index contributed by atoms with van der Waals surface area (Å²) in [7, 11) is 0. The van der Waals surface area contributed by atoms with E-state index in [1.54, 1.807) is 12.1 Å². The topological polar surface area (TPSA) is 95.1 Å². The van der Waals surface area contributed by atoms with E-state index in [-0.39, 0.29) is 23.3 Å². The Labute approximate surface area is 173 Å². The van der Waals surface area contributed by atoms with Crippen LogP contribution in [0.5, 0.6) is 0 Å². The number of carbonyl (C=O) groups is 2. The second-order valence-corrected chi connectivity index (χ2v) is 8.83. The number of para-hydroxylation sites is 1. The van der Waals surface area contributed by atoms with Gasteiger partial charge in [-0.25, -0.2) is 0 Å². The first-order valence-electron chi connectivity index (χ1n) is 10.0. The van der Waals surface area contributed by atoms with Gasteiger partial charge >= 0.3 is 5.97 Å². The summed E-state index contributed by atoms with van der Waals surface area (Å²) in [6.45, 7) is 0.604. The summed E-state index contributed by atoms with van der Waals surface area (Å²) in [6, 6.07) is 17.3. The van der Waals surface area contributed by atoms with Gasteiger partial charge in [0.25, 0.3) is 5.91 Å². The number of hydrogen-bond acceptors (Lipinski definition) is 3. The van der Waals surface area contributed by atoms with Gasteiger partial charge in [0.15, 0.2) is 0 Å². The molecule has 1 aromatic heterocycles. The van der Waals surface area contributed by atoms with Crippen molar-refractivity contribution in [2.75, 3.05) is 0 Å². The third-order valence-corrected chi connectivity index (χ3v) is 6.51. The van der Waals surface area contributed by atoms with Crippen molar-refractivity contribution in [3.05, 3.63) is 71.4 Å². The Balaban J connectivity index is 1.37. The number of nitrogens with one attached hydrogen (secondary N) is 1. The maximum Gasteiger partial charge on any atom is 0.303 e. The van der Waals surface area contributed by atoms with Crippen LogP contribution in [0.4, 0.5) is 0 Å². The Bertz CT molecular complexity index is 1200. The minimum absolute atomic E-state index is 0.107. The number of benzene rings is 2. The molecule has 3 saturated carbocycles. The highest BCUT2D eigenvalue weighted by Crippen LogP contribution is 2.69. The van der Waals surface area contributed by atoms with Crippen LogP contribution < -0.4 is 5.32 Å². The van der Waals surface area contributed by atoms with Gasteiger partial charge in [-0.1, -0.05) is 24.3 Å². The number of nitriles is 1. The highest BCUT2D eigenvalue weighted by molar-refractivity contribution is 6.06. The average molecular weight is 399 g/mol. The summed E-state index contributed by atoms with van der Waals surface area (Å²) in [6.07, 6.45) is 4.41. The van der Waals surface area contributed by atoms with Crippen molar-refractivity contribution in [2.24, 2.45) is 5.41 Å². The van der Waals surface area contributed by atoms with Crippen LogP contribution in [0.2, 0.25) is 0 Å². The minimum atomic E-state index is -0.764. The summed E-state index contributed by atoms with van der Waals surface area (Å²) in [5.41, 5.74) is 2.83. The van der Waals surface area contributed by atoms with Gasteiger partial charge in [-0.3, -0.25) is 9.59 Å². The number of rotatable bonds is 6. The first-order valence-corrected chi connectivity index (χ1v) is 10.0. The highest BCUT2D eigenvalue weighted by Gasteiger charge is 2.68. The zero-order chi connectivity index (χ0) is 20.9. The monoisotopic (exact) mass is 399 g/mol. The van der Waals surface area contributed by atoms with Crippen LogP contribution >= 0.6 is 0 Å². The smallest absolute Gasteiger partial charge is 0.303 e. The van der Waals surface area contributed by atoms with Crippen molar-refractivity contribution in [3.8, 4) is 6.07 Å². The van der Waals surface area contributed by atoms with E-state index in [0.29, 0.717) is 17.7 Å². The van der Waals surface area contributed by atoms with Gasteiger partial charge in [0, 0.05) is 23.7 Å². The number of amides is 1. The highest BCUT2D eigenvalue weighted by atomic mass is 16.4. The van der Waals surface area contributed by atoms with Crippen LogP contribution in [-0.4, -0.2) is 27.1 Å². The number of hydrogen-bond donors (Lipinski definition) is 2. The molecule has 0 atom stereocenters. The third-order valence-electron chi connectivity index (χ3n) is 6.51. The lowest BCUT2D eigenvalue weighted by atomic mass is 9.38. The van der Waals surface area contributed by atoms with E-state index < -0.39 is 5.97 Å². The molecule has 3 aliphatic rings. The van der Waals surface area contributed by atoms with Crippen LogP contribution in [0.3, 0.4) is 0 Å². The van der Waals surface area contributed by atoms with Gasteiger partial charge in [0.1, 0.15) is 0 Å². The third kappa shape index (κ3) is 2.94. The molecule has 3 aliphatic carbocycles. The van der Waals surface area contributed by atoms with E-state index in [4.69, 9.17) is 10.4 Å². The molecule has 6 rings (SSSR count). The molecule has 0 unspecified atom stereocenters. The molecule has 150 valence electrons. The molecular formula is C24H21N3O3. The fourth-order valence-corrected chi connectivity index (χ4v) is 5.40. The van der Waals surface area contributed by atoms with Crippen molar-refractivity contribution in [3.63, 3.8) is 0 Å². The van der Waals surface area contributed by atoms with E-state index >= 15 is 0 Å². The number of carboxylic acid groups (broad SMARTS) is 1. The zero-order valence-electron chi connectivity index (χ0n) is 16.4. The largest absolute Gasteiger partial charge is 0.481 e. The van der Waals surface area contributed by atoms with Crippen molar-refractivity contribution < 1.29 is 14.7 Å². The number of carbonyl (C=O) groups excluding carboxylic acids is 1. The van der Waals surface area contributed by atoms with Crippen LogP contribution in [0, 0.1) is 16.7 Å². The van der Waals surface area contributed by atoms with Crippen LogP contribution in [0.1, 0.15) is 47.2 Å². The molecule has 1 heterocycles. The van der Waals surface area contributed by atoms with E-state index in [2.05, 4.69) is 16.0 Å². The lowest BCUT2D eigenvalue weighted by Crippen LogP contribution is -2.75. The molecular weight excluding hydrogens is 378 g/mol. The summed E-state index contributed by atoms with van der Waals surface area (Å²) in [5, 5.41) is 22.2. The minimum Gasteiger partial charge on any atom is -0.481 e. The van der Waals surface area contributed by atoms with Crippen molar-refractivity contribution in [1.29, 1.82) is 5.26 Å². The van der Waals surface area contributed by atoms with Gasteiger partial charge in [0.05, 0.1) is 29.1 Å². The van der Waals surface area contributed by atoms with E-state index in [1.165, 1.54) is 0 Å². The lowest BCUT2D eigenvalue weighted by Gasteiger charge is -2.70. The molecule has 2 bridgehead atoms. The Morgan fingerprint density at radius 3 is 2.50 bits per heavy atom. The van der Waals surface area contributed by atoms with E-state index in [1.807, 2.05) is 42.6 Å². The molecule has 0 aliphatic heterocycles. The molecule has 2 aromatic carbocycles. The van der Waals surface area contributed by atoms with Gasteiger partial charge in [-0.05, 0) is 54.5 Å². The quantitative estimate of drug-likeness (QED) is 0.661. The van der Waals surface area contributed by atoms with Gasteiger partial charge in [-0.2, -0.15) is 5.26 Å².